The molecule has 0 aromatic rings. The summed E-state index contributed by atoms with van der Waals surface area (Å²) in [5, 5.41) is 3.76. The lowest BCUT2D eigenvalue weighted by atomic mass is 9.69. The molecular formula is C15H27N. The molecular weight excluding hydrogens is 194 g/mol. The zero-order valence-electron chi connectivity index (χ0n) is 11.6. The maximum absolute atomic E-state index is 3.76. The fourth-order valence-electron chi connectivity index (χ4n) is 3.92. The number of hydrogen-bond acceptors (Lipinski definition) is 1. The lowest BCUT2D eigenvalue weighted by molar-refractivity contribution is 0.123. The molecule has 1 nitrogen and oxygen atoms in total. The van der Waals surface area contributed by atoms with E-state index >= 15 is 0 Å². The van der Waals surface area contributed by atoms with Crippen LogP contribution in [0.2, 0.25) is 0 Å². The van der Waals surface area contributed by atoms with E-state index in [2.05, 4.69) is 46.0 Å². The van der Waals surface area contributed by atoms with Crippen LogP contribution in [0, 0.1) is 16.7 Å². The van der Waals surface area contributed by atoms with Crippen LogP contribution in [0.1, 0.15) is 53.9 Å². The maximum atomic E-state index is 3.76. The van der Waals surface area contributed by atoms with Crippen molar-refractivity contribution in [2.24, 2.45) is 16.7 Å². The van der Waals surface area contributed by atoms with Gasteiger partial charge in [0, 0.05) is 12.6 Å². The van der Waals surface area contributed by atoms with Crippen LogP contribution in [0.4, 0.5) is 0 Å². The van der Waals surface area contributed by atoms with Gasteiger partial charge in [-0.3, -0.25) is 0 Å². The monoisotopic (exact) mass is 221 g/mol. The molecule has 16 heavy (non-hydrogen) atoms. The Balaban J connectivity index is 2.02. The predicted molar refractivity (Wildman–Crippen MR) is 70.5 cm³/mol. The fourth-order valence-corrected chi connectivity index (χ4v) is 3.92. The highest BCUT2D eigenvalue weighted by molar-refractivity contribution is 5.13. The summed E-state index contributed by atoms with van der Waals surface area (Å²) in [7, 11) is 0. The number of fused-ring (bicyclic) bond motifs is 2. The first-order valence-electron chi connectivity index (χ1n) is 6.74. The van der Waals surface area contributed by atoms with E-state index in [9.17, 15) is 0 Å². The number of rotatable bonds is 3. The van der Waals surface area contributed by atoms with Crippen molar-refractivity contribution in [1.82, 2.24) is 5.32 Å². The van der Waals surface area contributed by atoms with Gasteiger partial charge in [-0.15, -0.1) is 0 Å². The molecule has 0 aromatic carbocycles. The molecule has 2 saturated carbocycles. The Morgan fingerprint density at radius 1 is 1.31 bits per heavy atom. The first kappa shape index (κ1) is 12.2. The standard InChI is InChI=1S/C15H27N/c1-11(2)7-9-16-13-10-12-6-8-15(13,5)14(12,3)4/h7,12-13,16H,6,8-10H2,1-5H3. The van der Waals surface area contributed by atoms with Gasteiger partial charge in [0.1, 0.15) is 0 Å². The minimum absolute atomic E-state index is 0.521. The molecule has 3 unspecified atom stereocenters. The quantitative estimate of drug-likeness (QED) is 0.716. The van der Waals surface area contributed by atoms with Crippen molar-refractivity contribution in [3.05, 3.63) is 11.6 Å². The Morgan fingerprint density at radius 3 is 2.44 bits per heavy atom. The van der Waals surface area contributed by atoms with Gasteiger partial charge in [-0.2, -0.15) is 0 Å². The summed E-state index contributed by atoms with van der Waals surface area (Å²) < 4.78 is 0. The molecule has 0 radical (unpaired) electrons. The van der Waals surface area contributed by atoms with Gasteiger partial charge in [-0.1, -0.05) is 32.4 Å². The minimum atomic E-state index is 0.521. The second-order valence-electron chi connectivity index (χ2n) is 6.85. The van der Waals surface area contributed by atoms with Crippen molar-refractivity contribution in [3.63, 3.8) is 0 Å². The predicted octanol–water partition coefficient (Wildman–Crippen LogP) is 3.76. The molecule has 2 bridgehead atoms. The van der Waals surface area contributed by atoms with E-state index in [1.807, 2.05) is 0 Å². The number of allylic oxidation sites excluding steroid dienone is 1. The molecule has 0 aliphatic heterocycles. The van der Waals surface area contributed by atoms with Crippen LogP contribution in [0.15, 0.2) is 11.6 Å². The van der Waals surface area contributed by atoms with E-state index < -0.39 is 0 Å². The van der Waals surface area contributed by atoms with E-state index in [4.69, 9.17) is 0 Å². The molecule has 1 N–H and O–H groups in total. The van der Waals surface area contributed by atoms with E-state index in [-0.39, 0.29) is 0 Å². The summed E-state index contributed by atoms with van der Waals surface area (Å²) in [4.78, 5) is 0. The fraction of sp³-hybridized carbons (Fsp3) is 0.867. The van der Waals surface area contributed by atoms with Crippen LogP contribution in [0.5, 0.6) is 0 Å². The van der Waals surface area contributed by atoms with Gasteiger partial charge >= 0.3 is 0 Å². The normalized spacial score (nSPS) is 40.1. The number of hydrogen-bond donors (Lipinski definition) is 1. The zero-order chi connectivity index (χ0) is 12.0. The van der Waals surface area contributed by atoms with E-state index in [1.54, 1.807) is 0 Å². The molecule has 2 aliphatic rings. The van der Waals surface area contributed by atoms with Gasteiger partial charge in [0.05, 0.1) is 0 Å². The van der Waals surface area contributed by atoms with Crippen molar-refractivity contribution in [1.29, 1.82) is 0 Å². The van der Waals surface area contributed by atoms with Crippen molar-refractivity contribution >= 4 is 0 Å². The van der Waals surface area contributed by atoms with Gasteiger partial charge in [0.15, 0.2) is 0 Å². The van der Waals surface area contributed by atoms with E-state index in [0.717, 1.165) is 18.5 Å². The van der Waals surface area contributed by atoms with Crippen LogP contribution in [0.25, 0.3) is 0 Å². The van der Waals surface area contributed by atoms with Gasteiger partial charge in [-0.05, 0) is 49.9 Å². The highest BCUT2D eigenvalue weighted by Gasteiger charge is 2.60. The second kappa shape index (κ2) is 3.87. The van der Waals surface area contributed by atoms with Gasteiger partial charge in [0.25, 0.3) is 0 Å². The van der Waals surface area contributed by atoms with Gasteiger partial charge in [-0.25, -0.2) is 0 Å². The summed E-state index contributed by atoms with van der Waals surface area (Å²) >= 11 is 0. The Labute approximate surface area is 101 Å². The Morgan fingerprint density at radius 2 is 2.00 bits per heavy atom. The highest BCUT2D eigenvalue weighted by Crippen LogP contribution is 2.65. The maximum Gasteiger partial charge on any atom is 0.0140 e. The van der Waals surface area contributed by atoms with Crippen molar-refractivity contribution < 1.29 is 0 Å². The first-order chi connectivity index (χ1) is 7.38. The number of nitrogens with one attached hydrogen (secondary N) is 1. The van der Waals surface area contributed by atoms with Crippen molar-refractivity contribution in [2.75, 3.05) is 6.54 Å². The highest BCUT2D eigenvalue weighted by atomic mass is 15.0. The third kappa shape index (κ3) is 1.64. The molecule has 3 atom stereocenters. The largest absolute Gasteiger partial charge is 0.310 e. The van der Waals surface area contributed by atoms with Crippen LogP contribution >= 0.6 is 0 Å². The topological polar surface area (TPSA) is 12.0 Å². The molecule has 2 rings (SSSR count). The zero-order valence-corrected chi connectivity index (χ0v) is 11.6. The molecule has 0 heterocycles. The van der Waals surface area contributed by atoms with Gasteiger partial charge < -0.3 is 5.32 Å². The van der Waals surface area contributed by atoms with Crippen LogP contribution in [0.3, 0.4) is 0 Å². The third-order valence-electron chi connectivity index (χ3n) is 5.67. The SMILES string of the molecule is CC(C)=CCNC1CC2CCC1(C)C2(C)C. The molecule has 0 saturated heterocycles. The average Bonchev–Trinajstić information content (AvgIpc) is 2.49. The van der Waals surface area contributed by atoms with Crippen LogP contribution in [-0.2, 0) is 0 Å². The van der Waals surface area contributed by atoms with Crippen molar-refractivity contribution in [2.45, 2.75) is 59.9 Å². The smallest absolute Gasteiger partial charge is 0.0140 e. The molecule has 2 aliphatic carbocycles. The lowest BCUT2D eigenvalue weighted by Gasteiger charge is -2.39. The summed E-state index contributed by atoms with van der Waals surface area (Å²) in [5.74, 6) is 0.946. The summed E-state index contributed by atoms with van der Waals surface area (Å²) in [5.41, 5.74) is 2.48. The molecule has 0 spiro atoms. The summed E-state index contributed by atoms with van der Waals surface area (Å²) in [6, 6.07) is 0.733. The van der Waals surface area contributed by atoms with Gasteiger partial charge in [0.2, 0.25) is 0 Å². The molecule has 92 valence electrons. The molecule has 2 fully saturated rings. The second-order valence-corrected chi connectivity index (χ2v) is 6.85. The Kier molecular flexibility index (Phi) is 2.94. The Bertz CT molecular complexity index is 299. The van der Waals surface area contributed by atoms with E-state index in [0.29, 0.717) is 10.8 Å². The minimum Gasteiger partial charge on any atom is -0.310 e. The van der Waals surface area contributed by atoms with E-state index in [1.165, 1.54) is 24.8 Å². The average molecular weight is 221 g/mol. The Hall–Kier alpha value is -0.300. The summed E-state index contributed by atoms with van der Waals surface area (Å²) in [6.07, 6.45) is 6.56. The van der Waals surface area contributed by atoms with Crippen LogP contribution in [-0.4, -0.2) is 12.6 Å². The van der Waals surface area contributed by atoms with Crippen LogP contribution < -0.4 is 5.32 Å². The third-order valence-corrected chi connectivity index (χ3v) is 5.67. The molecule has 1 heteroatoms. The first-order valence-corrected chi connectivity index (χ1v) is 6.74. The molecule has 0 amide bonds. The molecule has 0 aromatic heterocycles. The van der Waals surface area contributed by atoms with Crippen molar-refractivity contribution in [3.8, 4) is 0 Å². The lowest BCUT2D eigenvalue weighted by Crippen LogP contribution is -2.44. The summed E-state index contributed by atoms with van der Waals surface area (Å²) in [6.45, 7) is 12.9.